The molecule has 1 aromatic heterocycles. The molecule has 2 aliphatic rings. The maximum Gasteiger partial charge on any atom is 0.409 e. The smallest absolute Gasteiger partial charge is 0.409 e. The second kappa shape index (κ2) is 15.7. The molecule has 0 radical (unpaired) electrons. The van der Waals surface area contributed by atoms with Gasteiger partial charge >= 0.3 is 12.1 Å². The number of amides is 3. The first-order valence-electron chi connectivity index (χ1n) is 15.9. The number of ether oxygens (including phenoxy) is 3. The van der Waals surface area contributed by atoms with Crippen molar-refractivity contribution in [3.63, 3.8) is 0 Å². The predicted octanol–water partition coefficient (Wildman–Crippen LogP) is 4.38. The molecule has 1 aliphatic heterocycles. The fourth-order valence-corrected chi connectivity index (χ4v) is 5.37. The number of nitrogens with one attached hydrogen (secondary N) is 1. The molecule has 3 amide bonds. The van der Waals surface area contributed by atoms with Crippen molar-refractivity contribution < 1.29 is 33.4 Å². The van der Waals surface area contributed by atoms with Crippen LogP contribution in [0, 0.1) is 0 Å². The quantitative estimate of drug-likeness (QED) is 0.361. The maximum absolute atomic E-state index is 13.8. The molecule has 12 heteroatoms. The summed E-state index contributed by atoms with van der Waals surface area (Å²) in [7, 11) is 0. The largest absolute Gasteiger partial charge is 0.474 e. The van der Waals surface area contributed by atoms with Gasteiger partial charge in [-0.25, -0.2) is 9.78 Å². The molecule has 0 unspecified atom stereocenters. The van der Waals surface area contributed by atoms with Crippen LogP contribution in [0.4, 0.5) is 4.79 Å². The molecular weight excluding hydrogens is 578 g/mol. The Morgan fingerprint density at radius 3 is 2.29 bits per heavy atom. The summed E-state index contributed by atoms with van der Waals surface area (Å²) >= 11 is 0. The second-order valence-corrected chi connectivity index (χ2v) is 12.3. The Kier molecular flexibility index (Phi) is 11.7. The van der Waals surface area contributed by atoms with Gasteiger partial charge in [-0.3, -0.25) is 14.4 Å². The molecule has 2 aromatic rings. The second-order valence-electron chi connectivity index (χ2n) is 12.3. The summed E-state index contributed by atoms with van der Waals surface area (Å²) in [5, 5.41) is 2.87. The van der Waals surface area contributed by atoms with E-state index < -0.39 is 23.6 Å². The zero-order valence-electron chi connectivity index (χ0n) is 26.8. The van der Waals surface area contributed by atoms with Crippen LogP contribution in [0.1, 0.15) is 83.1 Å². The number of esters is 1. The number of hydrogen-bond acceptors (Lipinski definition) is 9. The van der Waals surface area contributed by atoms with E-state index in [4.69, 9.17) is 14.2 Å². The van der Waals surface area contributed by atoms with Gasteiger partial charge < -0.3 is 29.3 Å². The van der Waals surface area contributed by atoms with Gasteiger partial charge in [0.2, 0.25) is 11.8 Å². The molecule has 1 aliphatic carbocycles. The van der Waals surface area contributed by atoms with E-state index in [-0.39, 0.29) is 43.1 Å². The summed E-state index contributed by atoms with van der Waals surface area (Å²) in [6.07, 6.45) is 4.24. The van der Waals surface area contributed by atoms with Gasteiger partial charge in [0.25, 0.3) is 5.91 Å². The number of nitrogens with zero attached hydrogens (tertiary/aromatic N) is 4. The van der Waals surface area contributed by atoms with Crippen LogP contribution in [0.3, 0.4) is 0 Å². The van der Waals surface area contributed by atoms with E-state index in [0.29, 0.717) is 44.3 Å². The topological polar surface area (TPSA) is 140 Å². The zero-order chi connectivity index (χ0) is 32.4. The molecule has 12 nitrogen and oxygen atoms in total. The Morgan fingerprint density at radius 2 is 1.64 bits per heavy atom. The monoisotopic (exact) mass is 623 g/mol. The van der Waals surface area contributed by atoms with Crippen LogP contribution in [0.25, 0.3) is 11.4 Å². The van der Waals surface area contributed by atoms with E-state index in [1.165, 1.54) is 6.07 Å². The van der Waals surface area contributed by atoms with E-state index in [1.807, 2.05) is 30.3 Å². The highest BCUT2D eigenvalue weighted by atomic mass is 16.6. The van der Waals surface area contributed by atoms with E-state index in [0.717, 1.165) is 31.2 Å². The first kappa shape index (κ1) is 33.7. The van der Waals surface area contributed by atoms with Gasteiger partial charge in [-0.1, -0.05) is 30.3 Å². The number of benzene rings is 1. The number of aromatic nitrogens is 2. The number of hydrogen-bond donors (Lipinski definition) is 1. The molecule has 0 spiro atoms. The number of carbonyl (C=O) groups is 4. The molecular formula is C33H45N5O7. The van der Waals surface area contributed by atoms with Crippen LogP contribution in [0.5, 0.6) is 5.88 Å². The lowest BCUT2D eigenvalue weighted by atomic mass is 10.1. The Bertz CT molecular complexity index is 1320. The van der Waals surface area contributed by atoms with Crippen LogP contribution in [0.2, 0.25) is 0 Å². The maximum atomic E-state index is 13.8. The van der Waals surface area contributed by atoms with E-state index in [2.05, 4.69) is 15.3 Å². The van der Waals surface area contributed by atoms with Gasteiger partial charge in [-0.2, -0.15) is 4.98 Å². The molecule has 0 bridgehead atoms. The van der Waals surface area contributed by atoms with Crippen LogP contribution in [-0.2, 0) is 19.1 Å². The predicted molar refractivity (Wildman–Crippen MR) is 166 cm³/mol. The third kappa shape index (κ3) is 10.2. The summed E-state index contributed by atoms with van der Waals surface area (Å²) in [4.78, 5) is 64.3. The van der Waals surface area contributed by atoms with Gasteiger partial charge in [0.15, 0.2) is 5.82 Å². The normalized spacial score (nSPS) is 16.2. The molecule has 1 saturated carbocycles. The van der Waals surface area contributed by atoms with E-state index >= 15 is 0 Å². The van der Waals surface area contributed by atoms with E-state index in [1.54, 1.807) is 37.5 Å². The van der Waals surface area contributed by atoms with Gasteiger partial charge in [0, 0.05) is 44.2 Å². The minimum atomic E-state index is -0.927. The number of piperazine rings is 1. The molecule has 1 aromatic carbocycles. The fraction of sp³-hybridized carbons (Fsp3) is 0.576. The standard InChI is InChI=1S/C33H45N5O7/c1-5-43-32(42)38-20-18-37(19-21-38)31(41)25(16-11-17-28(39)45-33(2,3)4)35-30(40)26-22-27(44-24-14-9-10-15-24)36-29(34-26)23-12-7-6-8-13-23/h6-8,12-13,22,24-25H,5,9-11,14-21H2,1-4H3,(H,35,40)/t25-/m0/s1. The minimum absolute atomic E-state index is 0.0230. The van der Waals surface area contributed by atoms with Gasteiger partial charge in [0.1, 0.15) is 23.4 Å². The van der Waals surface area contributed by atoms with Crippen molar-refractivity contribution in [2.75, 3.05) is 32.8 Å². The lowest BCUT2D eigenvalue weighted by Gasteiger charge is -2.36. The van der Waals surface area contributed by atoms with Crippen LogP contribution < -0.4 is 10.1 Å². The zero-order valence-corrected chi connectivity index (χ0v) is 26.8. The van der Waals surface area contributed by atoms with Crippen LogP contribution in [-0.4, -0.2) is 94.2 Å². The summed E-state index contributed by atoms with van der Waals surface area (Å²) < 4.78 is 16.7. The van der Waals surface area contributed by atoms with Crippen molar-refractivity contribution >= 4 is 23.9 Å². The highest BCUT2D eigenvalue weighted by molar-refractivity contribution is 5.96. The van der Waals surface area contributed by atoms with Crippen LogP contribution in [0.15, 0.2) is 36.4 Å². The summed E-state index contributed by atoms with van der Waals surface area (Å²) in [5.74, 6) is -0.564. The van der Waals surface area contributed by atoms with Crippen molar-refractivity contribution in [1.82, 2.24) is 25.1 Å². The number of rotatable bonds is 11. The third-order valence-corrected chi connectivity index (χ3v) is 7.57. The minimum Gasteiger partial charge on any atom is -0.474 e. The van der Waals surface area contributed by atoms with Crippen LogP contribution >= 0.6 is 0 Å². The van der Waals surface area contributed by atoms with Crippen molar-refractivity contribution in [3.05, 3.63) is 42.1 Å². The molecule has 4 rings (SSSR count). The van der Waals surface area contributed by atoms with Crippen molar-refractivity contribution in [3.8, 4) is 17.3 Å². The van der Waals surface area contributed by atoms with Crippen molar-refractivity contribution in [2.45, 2.75) is 90.4 Å². The summed E-state index contributed by atoms with van der Waals surface area (Å²) in [6.45, 7) is 8.62. The summed E-state index contributed by atoms with van der Waals surface area (Å²) in [6, 6.07) is 9.91. The first-order chi connectivity index (χ1) is 21.5. The molecule has 1 N–H and O–H groups in total. The Balaban J connectivity index is 1.52. The molecule has 2 heterocycles. The molecule has 244 valence electrons. The molecule has 1 atom stereocenters. The lowest BCUT2D eigenvalue weighted by molar-refractivity contribution is -0.155. The average molecular weight is 624 g/mol. The first-order valence-corrected chi connectivity index (χ1v) is 15.9. The van der Waals surface area contributed by atoms with E-state index in [9.17, 15) is 19.2 Å². The Hall–Kier alpha value is -4.22. The lowest BCUT2D eigenvalue weighted by Crippen LogP contribution is -2.56. The van der Waals surface area contributed by atoms with Crippen molar-refractivity contribution in [2.24, 2.45) is 0 Å². The van der Waals surface area contributed by atoms with Gasteiger partial charge in [-0.05, 0) is 66.2 Å². The van der Waals surface area contributed by atoms with Crippen molar-refractivity contribution in [1.29, 1.82) is 0 Å². The van der Waals surface area contributed by atoms with Gasteiger partial charge in [-0.15, -0.1) is 0 Å². The number of carbonyl (C=O) groups excluding carboxylic acids is 4. The molecule has 2 fully saturated rings. The highest BCUT2D eigenvalue weighted by Gasteiger charge is 2.31. The summed E-state index contributed by atoms with van der Waals surface area (Å²) in [5.41, 5.74) is 0.183. The highest BCUT2D eigenvalue weighted by Crippen LogP contribution is 2.25. The Morgan fingerprint density at radius 1 is 0.978 bits per heavy atom. The Labute approximate surface area is 264 Å². The molecule has 45 heavy (non-hydrogen) atoms. The molecule has 1 saturated heterocycles. The third-order valence-electron chi connectivity index (χ3n) is 7.57. The SMILES string of the molecule is CCOC(=O)N1CCN(C(=O)[C@H](CCCC(=O)OC(C)(C)C)NC(=O)c2cc(OC3CCCC3)nc(-c3ccccc3)n2)CC1. The fourth-order valence-electron chi connectivity index (χ4n) is 5.37. The average Bonchev–Trinajstić information content (AvgIpc) is 3.53. The van der Waals surface area contributed by atoms with Gasteiger partial charge in [0.05, 0.1) is 6.61 Å².